The fraction of sp³-hybridized carbons (Fsp3) is 0.222. The van der Waals surface area contributed by atoms with Crippen LogP contribution in [0.2, 0.25) is 0 Å². The molecule has 0 atom stereocenters. The van der Waals surface area contributed by atoms with E-state index in [0.717, 1.165) is 39.4 Å². The van der Waals surface area contributed by atoms with Gasteiger partial charge in [0.15, 0.2) is 0 Å². The topological polar surface area (TPSA) is 69.0 Å². The Balaban J connectivity index is 1.40. The third-order valence-electron chi connectivity index (χ3n) is 5.95. The van der Waals surface area contributed by atoms with Crippen molar-refractivity contribution < 1.29 is 9.53 Å². The van der Waals surface area contributed by atoms with Gasteiger partial charge in [0, 0.05) is 23.5 Å². The molecule has 166 valence electrons. The van der Waals surface area contributed by atoms with Gasteiger partial charge < -0.3 is 10.1 Å². The Morgan fingerprint density at radius 1 is 0.970 bits per heavy atom. The van der Waals surface area contributed by atoms with Gasteiger partial charge in [-0.1, -0.05) is 50.2 Å². The highest BCUT2D eigenvalue weighted by Crippen LogP contribution is 2.36. The highest BCUT2D eigenvalue weighted by molar-refractivity contribution is 5.85. The van der Waals surface area contributed by atoms with Crippen LogP contribution < -0.4 is 10.1 Å². The van der Waals surface area contributed by atoms with Gasteiger partial charge >= 0.3 is 0 Å². The Morgan fingerprint density at radius 2 is 1.70 bits per heavy atom. The number of ether oxygens (including phenoxy) is 1. The van der Waals surface area contributed by atoms with Gasteiger partial charge in [0.1, 0.15) is 24.6 Å². The largest absolute Gasteiger partial charge is 0.489 e. The molecular weight excluding hydrogens is 412 g/mol. The molecule has 0 bridgehead atoms. The van der Waals surface area contributed by atoms with Crippen LogP contribution in [0.15, 0.2) is 73.1 Å². The van der Waals surface area contributed by atoms with E-state index in [-0.39, 0.29) is 12.5 Å². The fourth-order valence-corrected chi connectivity index (χ4v) is 4.08. The molecule has 3 heterocycles. The maximum Gasteiger partial charge on any atom is 0.242 e. The molecule has 1 N–H and O–H groups in total. The van der Waals surface area contributed by atoms with Gasteiger partial charge in [0.2, 0.25) is 5.91 Å². The van der Waals surface area contributed by atoms with Gasteiger partial charge in [-0.2, -0.15) is 5.10 Å². The first kappa shape index (κ1) is 20.9. The van der Waals surface area contributed by atoms with E-state index in [9.17, 15) is 4.79 Å². The normalized spacial score (nSPS) is 13.0. The molecular formula is C27H26N4O2. The van der Waals surface area contributed by atoms with Crippen molar-refractivity contribution in [1.29, 1.82) is 0 Å². The minimum Gasteiger partial charge on any atom is -0.489 e. The fourth-order valence-electron chi connectivity index (χ4n) is 4.08. The first-order chi connectivity index (χ1) is 16.1. The van der Waals surface area contributed by atoms with Crippen LogP contribution in [-0.4, -0.2) is 20.7 Å². The van der Waals surface area contributed by atoms with Crippen molar-refractivity contribution in [3.05, 3.63) is 89.9 Å². The zero-order valence-corrected chi connectivity index (χ0v) is 18.8. The van der Waals surface area contributed by atoms with Crippen LogP contribution in [0.1, 0.15) is 36.6 Å². The Bertz CT molecular complexity index is 1260. The summed E-state index contributed by atoms with van der Waals surface area (Å²) in [6, 6.07) is 20.5. The van der Waals surface area contributed by atoms with Gasteiger partial charge in [-0.25, -0.2) is 0 Å². The molecule has 0 unspecified atom stereocenters. The van der Waals surface area contributed by atoms with Crippen LogP contribution >= 0.6 is 0 Å². The lowest BCUT2D eigenvalue weighted by Crippen LogP contribution is -2.34. The number of pyridine rings is 1. The van der Waals surface area contributed by atoms with Crippen molar-refractivity contribution in [3.63, 3.8) is 0 Å². The molecule has 5 rings (SSSR count). The number of hydrogen-bond acceptors (Lipinski definition) is 4. The van der Waals surface area contributed by atoms with Crippen molar-refractivity contribution in [2.45, 2.75) is 39.5 Å². The van der Waals surface area contributed by atoms with E-state index in [4.69, 9.17) is 9.84 Å². The van der Waals surface area contributed by atoms with Crippen LogP contribution in [0, 0.1) is 0 Å². The number of nitrogens with one attached hydrogen (secondary N) is 1. The number of benzene rings is 2. The van der Waals surface area contributed by atoms with E-state index >= 15 is 0 Å². The summed E-state index contributed by atoms with van der Waals surface area (Å²) in [6.07, 6.45) is 3.51. The summed E-state index contributed by atoms with van der Waals surface area (Å²) in [7, 11) is 0. The first-order valence-electron chi connectivity index (χ1n) is 11.2. The molecule has 6 heteroatoms. The van der Waals surface area contributed by atoms with E-state index < -0.39 is 0 Å². The zero-order chi connectivity index (χ0) is 22.8. The van der Waals surface area contributed by atoms with Gasteiger partial charge in [-0.3, -0.25) is 14.5 Å². The number of fused-ring (bicyclic) bond motifs is 1. The van der Waals surface area contributed by atoms with Gasteiger partial charge in [0.05, 0.1) is 12.2 Å². The van der Waals surface area contributed by atoms with Gasteiger partial charge in [0.25, 0.3) is 0 Å². The number of carbonyl (C=O) groups excluding carboxylic acids is 1. The Hall–Kier alpha value is -3.93. The molecule has 1 amide bonds. The maximum atomic E-state index is 11.9. The number of aromatic nitrogens is 3. The molecule has 4 aromatic rings. The van der Waals surface area contributed by atoms with E-state index in [2.05, 4.69) is 60.5 Å². The summed E-state index contributed by atoms with van der Waals surface area (Å²) >= 11 is 0. The minimum atomic E-state index is -0.0250. The van der Waals surface area contributed by atoms with Crippen molar-refractivity contribution >= 4 is 5.91 Å². The number of nitrogens with zero attached hydrogens (tertiary/aromatic N) is 3. The summed E-state index contributed by atoms with van der Waals surface area (Å²) in [5, 5.41) is 7.70. The highest BCUT2D eigenvalue weighted by atomic mass is 16.5. The second kappa shape index (κ2) is 8.90. The maximum absolute atomic E-state index is 11.9. The molecule has 0 saturated heterocycles. The lowest BCUT2D eigenvalue weighted by atomic mass is 9.99. The molecule has 0 saturated carbocycles. The van der Waals surface area contributed by atoms with E-state index in [0.29, 0.717) is 19.1 Å². The molecule has 0 fully saturated rings. The van der Waals surface area contributed by atoms with E-state index in [1.54, 1.807) is 17.1 Å². The quantitative estimate of drug-likeness (QED) is 0.463. The molecule has 0 spiro atoms. The standard InChI is InChI=1S/C27H26N4O2/c1-18(2)20-5-3-19(4-6-20)17-33-23-9-7-21(8-10-23)26-24-15-29-25(32)16-31(24)30-27(26)22-11-13-28-14-12-22/h3-14,18H,15-17H2,1-2H3,(H,29,32). The first-order valence-corrected chi connectivity index (χ1v) is 11.2. The summed E-state index contributed by atoms with van der Waals surface area (Å²) in [6.45, 7) is 5.59. The predicted octanol–water partition coefficient (Wildman–Crippen LogP) is 4.94. The lowest BCUT2D eigenvalue weighted by Gasteiger charge is -2.16. The number of carbonyl (C=O) groups is 1. The summed E-state index contributed by atoms with van der Waals surface area (Å²) < 4.78 is 7.82. The summed E-state index contributed by atoms with van der Waals surface area (Å²) in [5.41, 5.74) is 7.35. The lowest BCUT2D eigenvalue weighted by molar-refractivity contribution is -0.122. The molecule has 6 nitrogen and oxygen atoms in total. The Labute approximate surface area is 193 Å². The van der Waals surface area contributed by atoms with Crippen LogP contribution in [0.25, 0.3) is 22.4 Å². The van der Waals surface area contributed by atoms with Crippen molar-refractivity contribution in [2.75, 3.05) is 0 Å². The molecule has 2 aromatic carbocycles. The van der Waals surface area contributed by atoms with Crippen molar-refractivity contribution in [1.82, 2.24) is 20.1 Å². The van der Waals surface area contributed by atoms with Gasteiger partial charge in [-0.15, -0.1) is 0 Å². The average Bonchev–Trinajstić information content (AvgIpc) is 3.22. The molecule has 1 aliphatic heterocycles. The molecule has 0 aliphatic carbocycles. The Kier molecular flexibility index (Phi) is 5.65. The smallest absolute Gasteiger partial charge is 0.242 e. The van der Waals surface area contributed by atoms with Crippen molar-refractivity contribution in [3.8, 4) is 28.1 Å². The monoisotopic (exact) mass is 438 g/mol. The zero-order valence-electron chi connectivity index (χ0n) is 18.8. The number of hydrogen-bond donors (Lipinski definition) is 1. The average molecular weight is 439 g/mol. The van der Waals surface area contributed by atoms with Crippen molar-refractivity contribution in [2.24, 2.45) is 0 Å². The third-order valence-corrected chi connectivity index (χ3v) is 5.95. The predicted molar refractivity (Wildman–Crippen MR) is 128 cm³/mol. The third kappa shape index (κ3) is 4.37. The Morgan fingerprint density at radius 3 is 2.39 bits per heavy atom. The molecule has 0 radical (unpaired) electrons. The van der Waals surface area contributed by atoms with Gasteiger partial charge in [-0.05, 0) is 46.9 Å². The van der Waals surface area contributed by atoms with E-state index in [1.165, 1.54) is 5.56 Å². The molecule has 1 aliphatic rings. The van der Waals surface area contributed by atoms with Crippen LogP contribution in [0.4, 0.5) is 0 Å². The second-order valence-corrected chi connectivity index (χ2v) is 8.55. The van der Waals surface area contributed by atoms with E-state index in [1.807, 2.05) is 24.3 Å². The van der Waals surface area contributed by atoms with Crippen LogP contribution in [-0.2, 0) is 24.5 Å². The SMILES string of the molecule is CC(C)c1ccc(COc2ccc(-c3c(-c4ccncc4)nn4c3CNC(=O)C4)cc2)cc1. The number of rotatable bonds is 6. The molecule has 2 aromatic heterocycles. The van der Waals surface area contributed by atoms with Crippen LogP contribution in [0.5, 0.6) is 5.75 Å². The number of amides is 1. The second-order valence-electron chi connectivity index (χ2n) is 8.55. The minimum absolute atomic E-state index is 0.0250. The highest BCUT2D eigenvalue weighted by Gasteiger charge is 2.25. The molecule has 33 heavy (non-hydrogen) atoms. The summed E-state index contributed by atoms with van der Waals surface area (Å²) in [5.74, 6) is 1.31. The summed E-state index contributed by atoms with van der Waals surface area (Å²) in [4.78, 5) is 16.0. The van der Waals surface area contributed by atoms with Crippen LogP contribution in [0.3, 0.4) is 0 Å².